The first-order valence-electron chi connectivity index (χ1n) is 11.9. The normalized spacial score (nSPS) is 30.5. The number of nitrogens with zero attached hydrogens (tertiary/aromatic N) is 4. The molecule has 0 radical (unpaired) electrons. The molecule has 0 aromatic carbocycles. The summed E-state index contributed by atoms with van der Waals surface area (Å²) in [7, 11) is 0. The molecule has 5 nitrogen and oxygen atoms in total. The second-order valence-corrected chi connectivity index (χ2v) is 9.40. The molecule has 0 amide bonds. The third-order valence-electron chi connectivity index (χ3n) is 7.03. The molecule has 1 saturated carbocycles. The molecule has 1 N–H and O–H groups in total. The van der Waals surface area contributed by atoms with Gasteiger partial charge in [-0.05, 0) is 57.1 Å². The Bertz CT molecular complexity index is 598. The molecule has 4 rings (SSSR count). The largest absolute Gasteiger partial charge is 0.356 e. The number of rotatable bonds is 4. The van der Waals surface area contributed by atoms with E-state index in [2.05, 4.69) is 33.1 Å². The second-order valence-electron chi connectivity index (χ2n) is 9.40. The summed E-state index contributed by atoms with van der Waals surface area (Å²) in [4.78, 5) is 14.7. The molecule has 3 atom stereocenters. The summed E-state index contributed by atoms with van der Waals surface area (Å²) in [6, 6.07) is 3.34. The third kappa shape index (κ3) is 5.37. The van der Waals surface area contributed by atoms with E-state index in [9.17, 15) is 0 Å². The van der Waals surface area contributed by atoms with E-state index in [1.807, 2.05) is 6.20 Å². The second kappa shape index (κ2) is 9.91. The summed E-state index contributed by atoms with van der Waals surface area (Å²) in [5.41, 5.74) is 0. The number of hydrogen-bond donors (Lipinski definition) is 1. The van der Waals surface area contributed by atoms with Crippen LogP contribution in [0.2, 0.25) is 0 Å². The van der Waals surface area contributed by atoms with Crippen molar-refractivity contribution in [2.24, 2.45) is 5.92 Å². The Hall–Kier alpha value is -1.36. The SMILES string of the molecule is CC1CCCC(N2CCCCC(Nc3nccc(N4CCCCCC4)n3)C2)C1. The summed E-state index contributed by atoms with van der Waals surface area (Å²) in [5.74, 6) is 2.82. The highest BCUT2D eigenvalue weighted by molar-refractivity contribution is 5.43. The van der Waals surface area contributed by atoms with Gasteiger partial charge in [-0.3, -0.25) is 4.90 Å². The van der Waals surface area contributed by atoms with E-state index in [0.29, 0.717) is 6.04 Å². The van der Waals surface area contributed by atoms with E-state index < -0.39 is 0 Å². The minimum Gasteiger partial charge on any atom is -0.356 e. The highest BCUT2D eigenvalue weighted by Crippen LogP contribution is 2.29. The molecule has 5 heteroatoms. The fraction of sp³-hybridized carbons (Fsp3) is 0.826. The van der Waals surface area contributed by atoms with E-state index in [0.717, 1.165) is 43.4 Å². The van der Waals surface area contributed by atoms with E-state index in [1.54, 1.807) is 0 Å². The van der Waals surface area contributed by atoms with Gasteiger partial charge in [-0.15, -0.1) is 0 Å². The van der Waals surface area contributed by atoms with E-state index in [4.69, 9.17) is 4.98 Å². The lowest BCUT2D eigenvalue weighted by atomic mass is 9.86. The van der Waals surface area contributed by atoms with E-state index in [1.165, 1.54) is 77.2 Å². The van der Waals surface area contributed by atoms with Crippen LogP contribution in [-0.4, -0.2) is 53.1 Å². The Morgan fingerprint density at radius 2 is 1.75 bits per heavy atom. The van der Waals surface area contributed by atoms with Crippen molar-refractivity contribution in [2.75, 3.05) is 36.4 Å². The van der Waals surface area contributed by atoms with Gasteiger partial charge in [0.15, 0.2) is 0 Å². The lowest BCUT2D eigenvalue weighted by Crippen LogP contribution is -2.44. The Morgan fingerprint density at radius 1 is 0.929 bits per heavy atom. The van der Waals surface area contributed by atoms with Crippen molar-refractivity contribution in [3.8, 4) is 0 Å². The van der Waals surface area contributed by atoms with Gasteiger partial charge >= 0.3 is 0 Å². The highest BCUT2D eigenvalue weighted by atomic mass is 15.2. The first-order chi connectivity index (χ1) is 13.8. The summed E-state index contributed by atoms with van der Waals surface area (Å²) < 4.78 is 0. The van der Waals surface area contributed by atoms with Crippen molar-refractivity contribution in [3.05, 3.63) is 12.3 Å². The molecule has 0 spiro atoms. The maximum atomic E-state index is 4.90. The molecule has 1 aromatic rings. The number of hydrogen-bond acceptors (Lipinski definition) is 5. The van der Waals surface area contributed by atoms with Crippen molar-refractivity contribution >= 4 is 11.8 Å². The molecule has 1 aliphatic carbocycles. The van der Waals surface area contributed by atoms with E-state index >= 15 is 0 Å². The lowest BCUT2D eigenvalue weighted by Gasteiger charge is -2.37. The highest BCUT2D eigenvalue weighted by Gasteiger charge is 2.28. The van der Waals surface area contributed by atoms with Crippen molar-refractivity contribution < 1.29 is 0 Å². The van der Waals surface area contributed by atoms with Gasteiger partial charge in [0.2, 0.25) is 5.95 Å². The summed E-state index contributed by atoms with van der Waals surface area (Å²) in [5, 5.41) is 3.71. The number of nitrogens with one attached hydrogen (secondary N) is 1. The van der Waals surface area contributed by atoms with Gasteiger partial charge in [0.25, 0.3) is 0 Å². The zero-order chi connectivity index (χ0) is 19.2. The van der Waals surface area contributed by atoms with E-state index in [-0.39, 0.29) is 0 Å². The lowest BCUT2D eigenvalue weighted by molar-refractivity contribution is 0.136. The molecule has 1 aromatic heterocycles. The minimum absolute atomic E-state index is 0.471. The predicted octanol–water partition coefficient (Wildman–Crippen LogP) is 4.70. The van der Waals surface area contributed by atoms with Crippen molar-refractivity contribution in [1.82, 2.24) is 14.9 Å². The summed E-state index contributed by atoms with van der Waals surface area (Å²) in [6.07, 6.45) is 16.7. The fourth-order valence-corrected chi connectivity index (χ4v) is 5.43. The average Bonchev–Trinajstić information content (AvgIpc) is 3.11. The van der Waals surface area contributed by atoms with Gasteiger partial charge in [-0.1, -0.05) is 39.0 Å². The number of likely N-dealkylation sites (tertiary alicyclic amines) is 1. The molecule has 3 heterocycles. The van der Waals surface area contributed by atoms with Gasteiger partial charge < -0.3 is 10.2 Å². The van der Waals surface area contributed by atoms with Gasteiger partial charge in [0, 0.05) is 37.9 Å². The van der Waals surface area contributed by atoms with Crippen molar-refractivity contribution in [1.29, 1.82) is 0 Å². The Kier molecular flexibility index (Phi) is 7.05. The van der Waals surface area contributed by atoms with Crippen molar-refractivity contribution in [2.45, 2.75) is 89.6 Å². The molecule has 28 heavy (non-hydrogen) atoms. The molecule has 156 valence electrons. The zero-order valence-corrected chi connectivity index (χ0v) is 17.8. The fourth-order valence-electron chi connectivity index (χ4n) is 5.43. The smallest absolute Gasteiger partial charge is 0.224 e. The molecule has 3 unspecified atom stereocenters. The standard InChI is InChI=1S/C23H39N5/c1-19-9-8-11-21(17-19)28-16-7-4-10-20(18-28)25-23-24-13-12-22(26-23)27-14-5-2-3-6-15-27/h12-13,19-21H,2-11,14-18H2,1H3,(H,24,25,26). The number of aromatic nitrogens is 2. The zero-order valence-electron chi connectivity index (χ0n) is 17.8. The summed E-state index contributed by atoms with van der Waals surface area (Å²) >= 11 is 0. The molecule has 3 fully saturated rings. The van der Waals surface area contributed by atoms with Gasteiger partial charge in [0.1, 0.15) is 5.82 Å². The van der Waals surface area contributed by atoms with Crippen LogP contribution in [0.1, 0.15) is 77.6 Å². The Balaban J connectivity index is 1.39. The molecule has 3 aliphatic rings. The molecule has 2 saturated heterocycles. The van der Waals surface area contributed by atoms with Gasteiger partial charge in [-0.2, -0.15) is 4.98 Å². The number of anilines is 2. The monoisotopic (exact) mass is 385 g/mol. The Morgan fingerprint density at radius 3 is 2.57 bits per heavy atom. The first-order valence-corrected chi connectivity index (χ1v) is 11.9. The first kappa shape index (κ1) is 19.9. The van der Waals surface area contributed by atoms with Crippen molar-refractivity contribution in [3.63, 3.8) is 0 Å². The third-order valence-corrected chi connectivity index (χ3v) is 7.03. The predicted molar refractivity (Wildman–Crippen MR) is 117 cm³/mol. The van der Waals surface area contributed by atoms with Crippen LogP contribution in [0.4, 0.5) is 11.8 Å². The van der Waals surface area contributed by atoms with Crippen LogP contribution in [0.3, 0.4) is 0 Å². The van der Waals surface area contributed by atoms with Crippen LogP contribution < -0.4 is 10.2 Å². The van der Waals surface area contributed by atoms with Gasteiger partial charge in [-0.25, -0.2) is 4.98 Å². The molecule has 2 aliphatic heterocycles. The Labute approximate surface area is 171 Å². The average molecular weight is 386 g/mol. The topological polar surface area (TPSA) is 44.3 Å². The molecule has 0 bridgehead atoms. The molecular weight excluding hydrogens is 346 g/mol. The maximum Gasteiger partial charge on any atom is 0.224 e. The molecular formula is C23H39N5. The van der Waals surface area contributed by atoms with Crippen LogP contribution in [0, 0.1) is 5.92 Å². The van der Waals surface area contributed by atoms with Crippen LogP contribution in [0.25, 0.3) is 0 Å². The van der Waals surface area contributed by atoms with Gasteiger partial charge in [0.05, 0.1) is 0 Å². The van der Waals surface area contributed by atoms with Crippen LogP contribution in [0.15, 0.2) is 12.3 Å². The minimum atomic E-state index is 0.471. The van der Waals surface area contributed by atoms with Crippen LogP contribution in [0.5, 0.6) is 0 Å². The summed E-state index contributed by atoms with van der Waals surface area (Å²) in [6.45, 7) is 7.11. The van der Waals surface area contributed by atoms with Crippen LogP contribution >= 0.6 is 0 Å². The quantitative estimate of drug-likeness (QED) is 0.814. The van der Waals surface area contributed by atoms with Crippen LogP contribution in [-0.2, 0) is 0 Å². The maximum absolute atomic E-state index is 4.90.